The third kappa shape index (κ3) is 2.90. The fourth-order valence-electron chi connectivity index (χ4n) is 2.04. The predicted molar refractivity (Wildman–Crippen MR) is 70.6 cm³/mol. The summed E-state index contributed by atoms with van der Waals surface area (Å²) in [5, 5.41) is 8.87. The molecule has 1 rings (SSSR count). The highest BCUT2D eigenvalue weighted by Gasteiger charge is 2.14. The number of benzene rings is 1. The second kappa shape index (κ2) is 5.57. The summed E-state index contributed by atoms with van der Waals surface area (Å²) in [6.45, 7) is 4.26. The van der Waals surface area contributed by atoms with Crippen LogP contribution in [0.4, 0.5) is 11.4 Å². The molecule has 0 saturated heterocycles. The first kappa shape index (κ1) is 13.4. The topological polar surface area (TPSA) is 66.6 Å². The molecule has 0 bridgehead atoms. The van der Waals surface area contributed by atoms with E-state index >= 15 is 0 Å². The molecule has 0 aliphatic rings. The highest BCUT2D eigenvalue weighted by molar-refractivity contribution is 5.90. The number of anilines is 2. The summed E-state index contributed by atoms with van der Waals surface area (Å²) in [6.07, 6.45) is 2.07. The van der Waals surface area contributed by atoms with Crippen molar-refractivity contribution in [2.75, 3.05) is 17.7 Å². The maximum absolute atomic E-state index is 10.8. The van der Waals surface area contributed by atoms with Crippen LogP contribution in [-0.4, -0.2) is 24.2 Å². The Morgan fingerprint density at radius 3 is 2.41 bits per heavy atom. The molecule has 0 aliphatic carbocycles. The molecule has 4 nitrogen and oxygen atoms in total. The second-order valence-corrected chi connectivity index (χ2v) is 4.16. The van der Waals surface area contributed by atoms with Crippen molar-refractivity contribution in [2.45, 2.75) is 32.7 Å². The number of hydrogen-bond acceptors (Lipinski definition) is 3. The van der Waals surface area contributed by atoms with E-state index in [2.05, 4.69) is 18.7 Å². The lowest BCUT2D eigenvalue weighted by Gasteiger charge is -2.29. The minimum Gasteiger partial charge on any atom is -0.478 e. The van der Waals surface area contributed by atoms with E-state index < -0.39 is 5.97 Å². The molecular weight excluding hydrogens is 216 g/mol. The zero-order valence-corrected chi connectivity index (χ0v) is 10.6. The lowest BCUT2D eigenvalue weighted by atomic mass is 10.1. The van der Waals surface area contributed by atoms with E-state index in [1.165, 1.54) is 6.07 Å². The lowest BCUT2D eigenvalue weighted by molar-refractivity contribution is 0.0697. The van der Waals surface area contributed by atoms with E-state index in [0.29, 0.717) is 11.7 Å². The first-order valence-electron chi connectivity index (χ1n) is 5.86. The van der Waals surface area contributed by atoms with Crippen LogP contribution in [0.5, 0.6) is 0 Å². The maximum atomic E-state index is 10.8. The average molecular weight is 236 g/mol. The highest BCUT2D eigenvalue weighted by atomic mass is 16.4. The zero-order chi connectivity index (χ0) is 13.0. The Balaban J connectivity index is 3.03. The van der Waals surface area contributed by atoms with Gasteiger partial charge in [-0.3, -0.25) is 0 Å². The van der Waals surface area contributed by atoms with Crippen molar-refractivity contribution in [3.8, 4) is 0 Å². The van der Waals surface area contributed by atoms with Crippen LogP contribution in [0.25, 0.3) is 0 Å². The van der Waals surface area contributed by atoms with Gasteiger partial charge in [0.15, 0.2) is 0 Å². The molecule has 0 heterocycles. The quantitative estimate of drug-likeness (QED) is 0.771. The van der Waals surface area contributed by atoms with Crippen molar-refractivity contribution in [3.63, 3.8) is 0 Å². The number of nitrogens with zero attached hydrogens (tertiary/aromatic N) is 1. The molecule has 1 aromatic carbocycles. The summed E-state index contributed by atoms with van der Waals surface area (Å²) in [5.41, 5.74) is 7.53. The number of rotatable bonds is 5. The predicted octanol–water partition coefficient (Wildman–Crippen LogP) is 2.59. The van der Waals surface area contributed by atoms with Crippen LogP contribution in [0.3, 0.4) is 0 Å². The molecule has 1 aromatic rings. The summed E-state index contributed by atoms with van der Waals surface area (Å²) in [4.78, 5) is 12.9. The van der Waals surface area contributed by atoms with E-state index in [4.69, 9.17) is 10.8 Å². The Labute approximate surface area is 102 Å². The van der Waals surface area contributed by atoms with Crippen LogP contribution >= 0.6 is 0 Å². The third-order valence-corrected chi connectivity index (χ3v) is 3.14. The molecule has 4 heteroatoms. The third-order valence-electron chi connectivity index (χ3n) is 3.14. The normalized spacial score (nSPS) is 10.6. The molecule has 0 unspecified atom stereocenters. The molecule has 0 amide bonds. The number of nitrogen functional groups attached to an aromatic ring is 1. The zero-order valence-electron chi connectivity index (χ0n) is 10.6. The van der Waals surface area contributed by atoms with Gasteiger partial charge in [0.2, 0.25) is 0 Å². The average Bonchev–Trinajstić information content (AvgIpc) is 2.30. The SMILES string of the molecule is CCC(CC)N(C)c1ccc(C(=O)O)cc1N. The van der Waals surface area contributed by atoms with E-state index in [1.54, 1.807) is 12.1 Å². The number of carboxylic acid groups (broad SMARTS) is 1. The van der Waals surface area contributed by atoms with E-state index in [1.807, 2.05) is 7.05 Å². The maximum Gasteiger partial charge on any atom is 0.335 e. The second-order valence-electron chi connectivity index (χ2n) is 4.16. The smallest absolute Gasteiger partial charge is 0.335 e. The summed E-state index contributed by atoms with van der Waals surface area (Å²) in [5.74, 6) is -0.951. The molecule has 17 heavy (non-hydrogen) atoms. The van der Waals surface area contributed by atoms with E-state index in [9.17, 15) is 4.79 Å². The number of carboxylic acids is 1. The van der Waals surface area contributed by atoms with Gasteiger partial charge >= 0.3 is 5.97 Å². The van der Waals surface area contributed by atoms with Crippen molar-refractivity contribution < 1.29 is 9.90 Å². The van der Waals surface area contributed by atoms with Crippen molar-refractivity contribution in [1.29, 1.82) is 0 Å². The van der Waals surface area contributed by atoms with Crippen molar-refractivity contribution in [2.24, 2.45) is 0 Å². The Morgan fingerprint density at radius 1 is 1.41 bits per heavy atom. The van der Waals surface area contributed by atoms with Gasteiger partial charge in [-0.2, -0.15) is 0 Å². The molecule has 0 radical (unpaired) electrons. The summed E-state index contributed by atoms with van der Waals surface area (Å²) in [7, 11) is 1.99. The van der Waals surface area contributed by atoms with Crippen molar-refractivity contribution >= 4 is 17.3 Å². The molecule has 3 N–H and O–H groups in total. The fraction of sp³-hybridized carbons (Fsp3) is 0.462. The molecule has 0 spiro atoms. The van der Waals surface area contributed by atoms with Gasteiger partial charge in [0.25, 0.3) is 0 Å². The van der Waals surface area contributed by atoms with Crippen LogP contribution in [-0.2, 0) is 0 Å². The molecule has 94 valence electrons. The van der Waals surface area contributed by atoms with Gasteiger partial charge < -0.3 is 15.7 Å². The minimum atomic E-state index is -0.951. The molecule has 0 atom stereocenters. The summed E-state index contributed by atoms with van der Waals surface area (Å²) >= 11 is 0. The standard InChI is InChI=1S/C13H20N2O2/c1-4-10(5-2)15(3)12-7-6-9(13(16)17)8-11(12)14/h6-8,10H,4-5,14H2,1-3H3,(H,16,17). The molecule has 0 fully saturated rings. The van der Waals surface area contributed by atoms with Crippen LogP contribution in [0.1, 0.15) is 37.0 Å². The van der Waals surface area contributed by atoms with E-state index in [-0.39, 0.29) is 5.56 Å². The monoisotopic (exact) mass is 236 g/mol. The van der Waals surface area contributed by atoms with Crippen molar-refractivity contribution in [1.82, 2.24) is 0 Å². The number of carbonyl (C=O) groups is 1. The minimum absolute atomic E-state index is 0.226. The Morgan fingerprint density at radius 2 is 2.00 bits per heavy atom. The largest absolute Gasteiger partial charge is 0.478 e. The molecule has 0 aliphatic heterocycles. The van der Waals surface area contributed by atoms with E-state index in [0.717, 1.165) is 18.5 Å². The molecule has 0 saturated carbocycles. The van der Waals surface area contributed by atoms with Crippen LogP contribution < -0.4 is 10.6 Å². The van der Waals surface area contributed by atoms with Gasteiger partial charge in [0, 0.05) is 13.1 Å². The molecular formula is C13H20N2O2. The van der Waals surface area contributed by atoms with Gasteiger partial charge in [-0.1, -0.05) is 13.8 Å². The number of aromatic carboxylic acids is 1. The fourth-order valence-corrected chi connectivity index (χ4v) is 2.04. The van der Waals surface area contributed by atoms with Crippen LogP contribution in [0.15, 0.2) is 18.2 Å². The Hall–Kier alpha value is -1.71. The summed E-state index contributed by atoms with van der Waals surface area (Å²) < 4.78 is 0. The number of hydrogen-bond donors (Lipinski definition) is 2. The molecule has 0 aromatic heterocycles. The number of nitrogens with two attached hydrogens (primary N) is 1. The van der Waals surface area contributed by atoms with Crippen LogP contribution in [0, 0.1) is 0 Å². The van der Waals surface area contributed by atoms with Crippen molar-refractivity contribution in [3.05, 3.63) is 23.8 Å². The lowest BCUT2D eigenvalue weighted by Crippen LogP contribution is -2.31. The Bertz CT molecular complexity index is 400. The van der Waals surface area contributed by atoms with Gasteiger partial charge in [0.1, 0.15) is 0 Å². The van der Waals surface area contributed by atoms with Gasteiger partial charge in [-0.25, -0.2) is 4.79 Å². The van der Waals surface area contributed by atoms with Gasteiger partial charge in [-0.05, 0) is 31.0 Å². The highest BCUT2D eigenvalue weighted by Crippen LogP contribution is 2.26. The summed E-state index contributed by atoms with van der Waals surface area (Å²) in [6, 6.07) is 5.30. The van der Waals surface area contributed by atoms with Gasteiger partial charge in [0.05, 0.1) is 16.9 Å². The first-order valence-corrected chi connectivity index (χ1v) is 5.86. The first-order chi connectivity index (χ1) is 8.01. The van der Waals surface area contributed by atoms with Crippen LogP contribution in [0.2, 0.25) is 0 Å². The van der Waals surface area contributed by atoms with Gasteiger partial charge in [-0.15, -0.1) is 0 Å². The Kier molecular flexibility index (Phi) is 4.37.